The zero-order chi connectivity index (χ0) is 15.3. The van der Waals surface area contributed by atoms with Crippen LogP contribution in [-0.4, -0.2) is 25.0 Å². The second kappa shape index (κ2) is 7.43. The Kier molecular flexibility index (Phi) is 6.20. The summed E-state index contributed by atoms with van der Waals surface area (Å²) in [7, 11) is 1.32. The molecule has 0 aliphatic carbocycles. The van der Waals surface area contributed by atoms with Gasteiger partial charge in [-0.15, -0.1) is 0 Å². The number of hydrogen-bond acceptors (Lipinski definition) is 4. The van der Waals surface area contributed by atoms with Gasteiger partial charge in [0.15, 0.2) is 11.9 Å². The fourth-order valence-electron chi connectivity index (χ4n) is 1.72. The van der Waals surface area contributed by atoms with Crippen LogP contribution in [0.2, 0.25) is 0 Å². The number of carbonyl (C=O) groups is 2. The molecular weight excluding hydrogens is 324 g/mol. The van der Waals surface area contributed by atoms with Gasteiger partial charge in [0.1, 0.15) is 5.75 Å². The maximum absolute atomic E-state index is 12.0. The van der Waals surface area contributed by atoms with E-state index in [1.165, 1.54) is 7.11 Å². The molecule has 0 amide bonds. The van der Waals surface area contributed by atoms with Crippen LogP contribution in [0.15, 0.2) is 22.7 Å². The van der Waals surface area contributed by atoms with Gasteiger partial charge in [-0.1, -0.05) is 36.7 Å². The maximum Gasteiger partial charge on any atom is 0.347 e. The van der Waals surface area contributed by atoms with Crippen LogP contribution in [0.3, 0.4) is 0 Å². The summed E-state index contributed by atoms with van der Waals surface area (Å²) in [5, 5.41) is 0. The van der Waals surface area contributed by atoms with Gasteiger partial charge in [-0.25, -0.2) is 4.79 Å². The Balaban J connectivity index is 3.12. The lowest BCUT2D eigenvalue weighted by atomic mass is 10.1. The lowest BCUT2D eigenvalue weighted by molar-refractivity contribution is -0.150. The van der Waals surface area contributed by atoms with E-state index in [2.05, 4.69) is 15.9 Å². The van der Waals surface area contributed by atoms with Gasteiger partial charge < -0.3 is 9.47 Å². The van der Waals surface area contributed by atoms with Crippen LogP contribution >= 0.6 is 15.9 Å². The Morgan fingerprint density at radius 1 is 1.30 bits per heavy atom. The predicted octanol–water partition coefficient (Wildman–Crippen LogP) is 3.62. The van der Waals surface area contributed by atoms with E-state index in [1.807, 2.05) is 13.8 Å². The van der Waals surface area contributed by atoms with E-state index < -0.39 is 12.1 Å². The van der Waals surface area contributed by atoms with Crippen molar-refractivity contribution in [2.45, 2.75) is 33.3 Å². The van der Waals surface area contributed by atoms with Crippen molar-refractivity contribution in [3.8, 4) is 5.75 Å². The van der Waals surface area contributed by atoms with E-state index >= 15 is 0 Å². The molecule has 4 nitrogen and oxygen atoms in total. The molecule has 0 radical (unpaired) electrons. The molecule has 0 aliphatic rings. The van der Waals surface area contributed by atoms with Crippen LogP contribution in [0.1, 0.15) is 37.6 Å². The topological polar surface area (TPSA) is 52.6 Å². The zero-order valence-corrected chi connectivity index (χ0v) is 13.7. The van der Waals surface area contributed by atoms with Gasteiger partial charge in [-0.2, -0.15) is 0 Å². The first-order chi connectivity index (χ1) is 9.40. The van der Waals surface area contributed by atoms with E-state index in [-0.39, 0.29) is 11.7 Å². The van der Waals surface area contributed by atoms with Crippen molar-refractivity contribution in [2.24, 2.45) is 5.92 Å². The second-order valence-corrected chi connectivity index (χ2v) is 5.64. The predicted molar refractivity (Wildman–Crippen MR) is 80.0 cm³/mol. The third-order valence-corrected chi connectivity index (χ3v) is 3.35. The van der Waals surface area contributed by atoms with E-state index in [1.54, 1.807) is 25.1 Å². The highest BCUT2D eigenvalue weighted by Gasteiger charge is 2.26. The SMILES string of the molecule is CCC(=O)c1cc(Br)ccc1O[C@H](C(=O)OC)C(C)C. The summed E-state index contributed by atoms with van der Waals surface area (Å²) in [5.41, 5.74) is 0.469. The number of carbonyl (C=O) groups excluding carboxylic acids is 2. The molecule has 0 spiro atoms. The molecule has 110 valence electrons. The fraction of sp³-hybridized carbons (Fsp3) is 0.467. The first kappa shape index (κ1) is 16.7. The molecule has 1 atom stereocenters. The monoisotopic (exact) mass is 342 g/mol. The number of esters is 1. The van der Waals surface area contributed by atoms with Crippen molar-refractivity contribution in [1.82, 2.24) is 0 Å². The van der Waals surface area contributed by atoms with Crippen LogP contribution in [0.5, 0.6) is 5.75 Å². The Bertz CT molecular complexity index is 497. The summed E-state index contributed by atoms with van der Waals surface area (Å²) in [6.45, 7) is 5.51. The number of benzene rings is 1. The van der Waals surface area contributed by atoms with Gasteiger partial charge in [-0.3, -0.25) is 4.79 Å². The lowest BCUT2D eigenvalue weighted by Crippen LogP contribution is -2.34. The lowest BCUT2D eigenvalue weighted by Gasteiger charge is -2.21. The summed E-state index contributed by atoms with van der Waals surface area (Å²) in [6, 6.07) is 5.16. The minimum atomic E-state index is -0.732. The van der Waals surface area contributed by atoms with Crippen LogP contribution < -0.4 is 4.74 Å². The quantitative estimate of drug-likeness (QED) is 0.585. The van der Waals surface area contributed by atoms with E-state index in [0.717, 1.165) is 4.47 Å². The third kappa shape index (κ3) is 4.07. The van der Waals surface area contributed by atoms with E-state index in [4.69, 9.17) is 9.47 Å². The van der Waals surface area contributed by atoms with Crippen molar-refractivity contribution in [3.05, 3.63) is 28.2 Å². The molecule has 1 aromatic rings. The average Bonchev–Trinajstić information content (AvgIpc) is 2.43. The van der Waals surface area contributed by atoms with Gasteiger partial charge in [0.05, 0.1) is 12.7 Å². The number of Topliss-reactive ketones (excluding diaryl/α,β-unsaturated/α-hetero) is 1. The van der Waals surface area contributed by atoms with Gasteiger partial charge in [0.25, 0.3) is 0 Å². The first-order valence-corrected chi connectivity index (χ1v) is 7.27. The highest BCUT2D eigenvalue weighted by Crippen LogP contribution is 2.27. The van der Waals surface area contributed by atoms with Gasteiger partial charge in [0, 0.05) is 16.8 Å². The second-order valence-electron chi connectivity index (χ2n) is 4.72. The minimum absolute atomic E-state index is 0.0336. The molecule has 1 rings (SSSR count). The molecule has 20 heavy (non-hydrogen) atoms. The maximum atomic E-state index is 12.0. The number of hydrogen-bond donors (Lipinski definition) is 0. The van der Waals surface area contributed by atoms with E-state index in [9.17, 15) is 9.59 Å². The fourth-order valence-corrected chi connectivity index (χ4v) is 2.08. The van der Waals surface area contributed by atoms with Crippen molar-refractivity contribution in [1.29, 1.82) is 0 Å². The number of ether oxygens (including phenoxy) is 2. The Hall–Kier alpha value is -1.36. The summed E-state index contributed by atoms with van der Waals surface area (Å²) >= 11 is 3.33. The standard InChI is InChI=1S/C15H19BrO4/c1-5-12(17)11-8-10(16)6-7-13(11)20-14(9(2)3)15(18)19-4/h6-9,14H,5H2,1-4H3/t14-/m0/s1. The van der Waals surface area contributed by atoms with Crippen molar-refractivity contribution in [3.63, 3.8) is 0 Å². The summed E-state index contributed by atoms with van der Waals surface area (Å²) in [4.78, 5) is 23.7. The van der Waals surface area contributed by atoms with Crippen LogP contribution in [0, 0.1) is 5.92 Å². The number of ketones is 1. The molecule has 1 aromatic carbocycles. The highest BCUT2D eigenvalue weighted by molar-refractivity contribution is 9.10. The summed E-state index contributed by atoms with van der Waals surface area (Å²) < 4.78 is 11.3. The Morgan fingerprint density at radius 3 is 2.45 bits per heavy atom. The molecule has 0 saturated heterocycles. The number of methoxy groups -OCH3 is 1. The van der Waals surface area contributed by atoms with Gasteiger partial charge >= 0.3 is 5.97 Å². The Labute approximate surface area is 127 Å². The highest BCUT2D eigenvalue weighted by atomic mass is 79.9. The molecule has 5 heteroatoms. The molecule has 0 aromatic heterocycles. The molecule has 0 saturated carbocycles. The van der Waals surface area contributed by atoms with Crippen LogP contribution in [0.25, 0.3) is 0 Å². The first-order valence-electron chi connectivity index (χ1n) is 6.47. The largest absolute Gasteiger partial charge is 0.478 e. The molecule has 0 unspecified atom stereocenters. The van der Waals surface area contributed by atoms with Gasteiger partial charge in [-0.05, 0) is 18.2 Å². The number of halogens is 1. The van der Waals surface area contributed by atoms with Crippen LogP contribution in [-0.2, 0) is 9.53 Å². The zero-order valence-electron chi connectivity index (χ0n) is 12.1. The number of rotatable bonds is 6. The minimum Gasteiger partial charge on any atom is -0.478 e. The Morgan fingerprint density at radius 2 is 1.95 bits per heavy atom. The molecule has 0 fully saturated rings. The van der Waals surface area contributed by atoms with E-state index in [0.29, 0.717) is 17.7 Å². The van der Waals surface area contributed by atoms with Gasteiger partial charge in [0.2, 0.25) is 0 Å². The van der Waals surface area contributed by atoms with Crippen molar-refractivity contribution < 1.29 is 19.1 Å². The normalized spacial score (nSPS) is 12.1. The average molecular weight is 343 g/mol. The third-order valence-electron chi connectivity index (χ3n) is 2.86. The summed E-state index contributed by atoms with van der Waals surface area (Å²) in [5.74, 6) is -0.133. The van der Waals surface area contributed by atoms with Crippen molar-refractivity contribution in [2.75, 3.05) is 7.11 Å². The molecule has 0 heterocycles. The molecule has 0 bridgehead atoms. The molecule has 0 aliphatic heterocycles. The van der Waals surface area contributed by atoms with Crippen LogP contribution in [0.4, 0.5) is 0 Å². The molecular formula is C15H19BrO4. The smallest absolute Gasteiger partial charge is 0.347 e. The summed E-state index contributed by atoms with van der Waals surface area (Å²) in [6.07, 6.45) is -0.359. The van der Waals surface area contributed by atoms with Crippen molar-refractivity contribution >= 4 is 27.7 Å². The molecule has 0 N–H and O–H groups in total.